The number of nitrogens with one attached hydrogen (secondary N) is 1. The van der Waals surface area contributed by atoms with E-state index in [0.29, 0.717) is 0 Å². The molecule has 4 rings (SSSR count). The van der Waals surface area contributed by atoms with Crippen LogP contribution >= 0.6 is 0 Å². The van der Waals surface area contributed by atoms with Gasteiger partial charge in [-0.1, -0.05) is 20.8 Å². The summed E-state index contributed by atoms with van der Waals surface area (Å²) < 4.78 is 29.2. The molecule has 148 valence electrons. The Balaban J connectivity index is 1.71. The van der Waals surface area contributed by atoms with E-state index in [0.717, 1.165) is 36.6 Å². The maximum atomic E-state index is 14.4. The zero-order chi connectivity index (χ0) is 20.2. The van der Waals surface area contributed by atoms with Crippen molar-refractivity contribution in [2.45, 2.75) is 51.9 Å². The van der Waals surface area contributed by atoms with Crippen molar-refractivity contribution in [3.8, 4) is 5.69 Å². The zero-order valence-corrected chi connectivity index (χ0v) is 16.2. The maximum absolute atomic E-state index is 14.4. The molecule has 1 saturated carbocycles. The SMILES string of the molecule is CC(C)(C)C(=O)CNC(=O)c1nn(-c2ccc(F)cc2F)c2c1[C@H]1CC[C@H]2C1. The number of carbonyl (C=O) groups excluding carboxylic acids is 2. The van der Waals surface area contributed by atoms with E-state index in [1.54, 1.807) is 20.8 Å². The van der Waals surface area contributed by atoms with Crippen LogP contribution in [-0.2, 0) is 4.79 Å². The lowest BCUT2D eigenvalue weighted by Gasteiger charge is -2.17. The monoisotopic (exact) mass is 387 g/mol. The number of nitrogens with zero attached hydrogens (tertiary/aromatic N) is 2. The van der Waals surface area contributed by atoms with Crippen LogP contribution in [0.5, 0.6) is 0 Å². The molecule has 2 bridgehead atoms. The van der Waals surface area contributed by atoms with Gasteiger partial charge >= 0.3 is 0 Å². The van der Waals surface area contributed by atoms with Gasteiger partial charge < -0.3 is 5.32 Å². The summed E-state index contributed by atoms with van der Waals surface area (Å²) in [6.07, 6.45) is 2.85. The van der Waals surface area contributed by atoms with Gasteiger partial charge in [-0.2, -0.15) is 5.10 Å². The molecule has 1 fully saturated rings. The molecule has 1 aromatic carbocycles. The van der Waals surface area contributed by atoms with Crippen LogP contribution in [0.25, 0.3) is 5.69 Å². The molecule has 0 unspecified atom stereocenters. The van der Waals surface area contributed by atoms with E-state index in [4.69, 9.17) is 0 Å². The van der Waals surface area contributed by atoms with Crippen LogP contribution < -0.4 is 5.32 Å². The fraction of sp³-hybridized carbons (Fsp3) is 0.476. The molecule has 0 saturated heterocycles. The smallest absolute Gasteiger partial charge is 0.272 e. The molecule has 2 aliphatic rings. The molecule has 28 heavy (non-hydrogen) atoms. The second-order valence-corrected chi connectivity index (χ2v) is 8.72. The number of hydrogen-bond acceptors (Lipinski definition) is 3. The van der Waals surface area contributed by atoms with Crippen molar-refractivity contribution in [2.24, 2.45) is 5.41 Å². The first-order chi connectivity index (χ1) is 13.2. The van der Waals surface area contributed by atoms with Gasteiger partial charge in [0.1, 0.15) is 11.5 Å². The van der Waals surface area contributed by atoms with Crippen molar-refractivity contribution in [2.75, 3.05) is 6.54 Å². The van der Waals surface area contributed by atoms with Crippen molar-refractivity contribution in [1.29, 1.82) is 0 Å². The van der Waals surface area contributed by atoms with Gasteiger partial charge in [-0.15, -0.1) is 0 Å². The standard InChI is InChI=1S/C21H23F2N3O2/c1-21(2,3)16(27)10-24-20(28)18-17-11-4-5-12(8-11)19(17)26(25-18)15-7-6-13(22)9-14(15)23/h6-7,9,11-12H,4-5,8,10H2,1-3H3,(H,24,28)/t11-,12-/m0/s1. The van der Waals surface area contributed by atoms with Crippen LogP contribution in [-0.4, -0.2) is 28.0 Å². The predicted octanol–water partition coefficient (Wildman–Crippen LogP) is 3.86. The first-order valence-electron chi connectivity index (χ1n) is 9.56. The number of benzene rings is 1. The molecule has 1 aromatic heterocycles. The Morgan fingerprint density at radius 2 is 1.93 bits per heavy atom. The number of amides is 1. The number of Topliss-reactive ketones (excluding diaryl/α,β-unsaturated/α-hetero) is 1. The summed E-state index contributed by atoms with van der Waals surface area (Å²) in [6.45, 7) is 5.31. The van der Waals surface area contributed by atoms with Crippen molar-refractivity contribution in [3.05, 3.63) is 46.8 Å². The summed E-state index contributed by atoms with van der Waals surface area (Å²) >= 11 is 0. The van der Waals surface area contributed by atoms with Gasteiger partial charge in [-0.05, 0) is 37.3 Å². The van der Waals surface area contributed by atoms with Gasteiger partial charge in [0.05, 0.1) is 12.2 Å². The van der Waals surface area contributed by atoms with Crippen LogP contribution in [0.2, 0.25) is 0 Å². The van der Waals surface area contributed by atoms with Gasteiger partial charge in [0.15, 0.2) is 17.3 Å². The highest BCUT2D eigenvalue weighted by Gasteiger charge is 2.44. The summed E-state index contributed by atoms with van der Waals surface area (Å²) in [4.78, 5) is 24.9. The molecular formula is C21H23F2N3O2. The number of ketones is 1. The average Bonchev–Trinajstić information content (AvgIpc) is 3.31. The van der Waals surface area contributed by atoms with E-state index < -0.39 is 23.0 Å². The quantitative estimate of drug-likeness (QED) is 0.866. The lowest BCUT2D eigenvalue weighted by molar-refractivity contribution is -0.125. The zero-order valence-electron chi connectivity index (χ0n) is 16.2. The molecular weight excluding hydrogens is 364 g/mol. The van der Waals surface area contributed by atoms with E-state index in [-0.39, 0.29) is 35.5 Å². The fourth-order valence-electron chi connectivity index (χ4n) is 4.24. The van der Waals surface area contributed by atoms with Crippen LogP contribution in [0.1, 0.15) is 73.6 Å². The van der Waals surface area contributed by atoms with Gasteiger partial charge in [0, 0.05) is 23.0 Å². The topological polar surface area (TPSA) is 64.0 Å². The third-order valence-electron chi connectivity index (χ3n) is 5.79. The summed E-state index contributed by atoms with van der Waals surface area (Å²) in [6, 6.07) is 3.34. The van der Waals surface area contributed by atoms with Gasteiger partial charge in [0.25, 0.3) is 5.91 Å². The van der Waals surface area contributed by atoms with E-state index >= 15 is 0 Å². The minimum Gasteiger partial charge on any atom is -0.344 e. The van der Waals surface area contributed by atoms with E-state index in [2.05, 4.69) is 10.4 Å². The summed E-state index contributed by atoms with van der Waals surface area (Å²) in [5, 5.41) is 7.07. The number of rotatable bonds is 4. The summed E-state index contributed by atoms with van der Waals surface area (Å²) in [7, 11) is 0. The molecule has 7 heteroatoms. The lowest BCUT2D eigenvalue weighted by Crippen LogP contribution is -2.36. The first kappa shape index (κ1) is 18.8. The Bertz CT molecular complexity index is 975. The minimum atomic E-state index is -0.719. The molecule has 0 spiro atoms. The molecule has 2 atom stereocenters. The first-order valence-corrected chi connectivity index (χ1v) is 9.56. The number of hydrogen-bond donors (Lipinski definition) is 1. The molecule has 2 aromatic rings. The third-order valence-corrected chi connectivity index (χ3v) is 5.79. The number of fused-ring (bicyclic) bond motifs is 5. The van der Waals surface area contributed by atoms with Crippen molar-refractivity contribution >= 4 is 11.7 Å². The largest absolute Gasteiger partial charge is 0.344 e. The Hall–Kier alpha value is -2.57. The normalized spacial score (nSPS) is 20.3. The molecule has 0 aliphatic heterocycles. The van der Waals surface area contributed by atoms with Gasteiger partial charge in [0.2, 0.25) is 0 Å². The van der Waals surface area contributed by atoms with Crippen LogP contribution in [0.15, 0.2) is 18.2 Å². The van der Waals surface area contributed by atoms with Gasteiger partial charge in [-0.25, -0.2) is 13.5 Å². The highest BCUT2D eigenvalue weighted by atomic mass is 19.1. The van der Waals surface area contributed by atoms with Crippen LogP contribution in [0, 0.1) is 17.0 Å². The number of aromatic nitrogens is 2. The van der Waals surface area contributed by atoms with Gasteiger partial charge in [-0.3, -0.25) is 9.59 Å². The molecule has 1 heterocycles. The maximum Gasteiger partial charge on any atom is 0.272 e. The molecule has 5 nitrogen and oxygen atoms in total. The van der Waals surface area contributed by atoms with E-state index in [1.165, 1.54) is 16.8 Å². The molecule has 2 aliphatic carbocycles. The van der Waals surface area contributed by atoms with Crippen molar-refractivity contribution in [1.82, 2.24) is 15.1 Å². The highest BCUT2D eigenvalue weighted by Crippen LogP contribution is 2.54. The fourth-order valence-corrected chi connectivity index (χ4v) is 4.24. The molecule has 1 amide bonds. The Morgan fingerprint density at radius 3 is 2.61 bits per heavy atom. The van der Waals surface area contributed by atoms with Crippen molar-refractivity contribution < 1.29 is 18.4 Å². The third kappa shape index (κ3) is 3.02. The molecule has 0 radical (unpaired) electrons. The highest BCUT2D eigenvalue weighted by molar-refractivity contribution is 5.98. The van der Waals surface area contributed by atoms with Crippen molar-refractivity contribution in [3.63, 3.8) is 0 Å². The minimum absolute atomic E-state index is 0.0804. The summed E-state index contributed by atoms with van der Waals surface area (Å²) in [5.74, 6) is -1.45. The lowest BCUT2D eigenvalue weighted by atomic mass is 9.91. The Morgan fingerprint density at radius 1 is 1.21 bits per heavy atom. The predicted molar refractivity (Wildman–Crippen MR) is 99.6 cm³/mol. The Kier molecular flexibility index (Phi) is 4.36. The van der Waals surface area contributed by atoms with Crippen LogP contribution in [0.3, 0.4) is 0 Å². The second-order valence-electron chi connectivity index (χ2n) is 8.72. The number of halogens is 2. The second kappa shape index (κ2) is 6.50. The average molecular weight is 387 g/mol. The number of carbonyl (C=O) groups is 2. The van der Waals surface area contributed by atoms with E-state index in [9.17, 15) is 18.4 Å². The molecule has 1 N–H and O–H groups in total. The van der Waals surface area contributed by atoms with Crippen LogP contribution in [0.4, 0.5) is 8.78 Å². The summed E-state index contributed by atoms with van der Waals surface area (Å²) in [5.41, 5.74) is 1.52. The van der Waals surface area contributed by atoms with E-state index in [1.807, 2.05) is 0 Å². The Labute approximate surface area is 162 Å².